The smallest absolute Gasteiger partial charge is 0.226 e. The number of para-hydroxylation sites is 1. The molecule has 2 rings (SSSR count). The summed E-state index contributed by atoms with van der Waals surface area (Å²) in [5.74, 6) is -0.154. The molecule has 0 radical (unpaired) electrons. The van der Waals surface area contributed by atoms with Crippen LogP contribution in [0.4, 0.5) is 10.1 Å². The predicted octanol–water partition coefficient (Wildman–Crippen LogP) is 4.68. The number of hydrogen-bond donors (Lipinski definition) is 1. The van der Waals surface area contributed by atoms with E-state index in [-0.39, 0.29) is 24.1 Å². The average molecular weight is 384 g/mol. The Labute approximate surface area is 166 Å². The van der Waals surface area contributed by atoms with Crippen molar-refractivity contribution in [2.75, 3.05) is 18.4 Å². The van der Waals surface area contributed by atoms with E-state index in [0.29, 0.717) is 25.4 Å². The summed E-state index contributed by atoms with van der Waals surface area (Å²) >= 11 is 0. The van der Waals surface area contributed by atoms with E-state index in [2.05, 4.69) is 19.2 Å². The van der Waals surface area contributed by atoms with Gasteiger partial charge in [0.05, 0.1) is 0 Å². The van der Waals surface area contributed by atoms with Crippen LogP contribution >= 0.6 is 0 Å². The number of rotatable bonds is 8. The van der Waals surface area contributed by atoms with E-state index in [1.54, 1.807) is 17.0 Å². The number of aryl methyl sites for hydroxylation is 1. The third kappa shape index (κ3) is 6.19. The number of halogens is 1. The van der Waals surface area contributed by atoms with E-state index in [4.69, 9.17) is 0 Å². The molecule has 0 spiro atoms. The van der Waals surface area contributed by atoms with Gasteiger partial charge in [0.1, 0.15) is 5.82 Å². The van der Waals surface area contributed by atoms with Crippen molar-refractivity contribution in [3.63, 3.8) is 0 Å². The minimum Gasteiger partial charge on any atom is -0.342 e. The Hall–Kier alpha value is -2.69. The molecule has 4 nitrogen and oxygen atoms in total. The highest BCUT2D eigenvalue weighted by atomic mass is 19.1. The summed E-state index contributed by atoms with van der Waals surface area (Å²) in [6, 6.07) is 12.2. The van der Waals surface area contributed by atoms with Crippen molar-refractivity contribution in [2.24, 2.45) is 0 Å². The molecule has 0 fully saturated rings. The van der Waals surface area contributed by atoms with Gasteiger partial charge in [-0.05, 0) is 48.1 Å². The van der Waals surface area contributed by atoms with Crippen LogP contribution in [0.5, 0.6) is 0 Å². The largest absolute Gasteiger partial charge is 0.342 e. The maximum Gasteiger partial charge on any atom is 0.226 e. The molecule has 0 aromatic heterocycles. The third-order valence-corrected chi connectivity index (χ3v) is 4.83. The maximum absolute atomic E-state index is 13.0. The summed E-state index contributed by atoms with van der Waals surface area (Å²) in [6.07, 6.45) is 0.853. The van der Waals surface area contributed by atoms with Gasteiger partial charge in [0.25, 0.3) is 0 Å². The summed E-state index contributed by atoms with van der Waals surface area (Å²) in [6.45, 7) is 8.52. The monoisotopic (exact) mass is 384 g/mol. The van der Waals surface area contributed by atoms with Crippen molar-refractivity contribution in [2.45, 2.75) is 46.5 Å². The standard InChI is InChI=1S/C23H29FN2O2/c1-16(2)21-7-5-6-17(3)23(21)25-22(28)13-15-26(18(4)27)14-12-19-8-10-20(24)11-9-19/h5-11,16H,12-15H2,1-4H3,(H,25,28). The van der Waals surface area contributed by atoms with Gasteiger partial charge in [0, 0.05) is 32.1 Å². The van der Waals surface area contributed by atoms with Crippen LogP contribution in [0.3, 0.4) is 0 Å². The van der Waals surface area contributed by atoms with Gasteiger partial charge in [-0.15, -0.1) is 0 Å². The van der Waals surface area contributed by atoms with Gasteiger partial charge in [-0.1, -0.05) is 44.2 Å². The number of anilines is 1. The molecule has 28 heavy (non-hydrogen) atoms. The molecule has 2 aromatic carbocycles. The Morgan fingerprint density at radius 3 is 2.36 bits per heavy atom. The van der Waals surface area contributed by atoms with Crippen molar-refractivity contribution in [3.8, 4) is 0 Å². The van der Waals surface area contributed by atoms with E-state index < -0.39 is 0 Å². The molecule has 0 atom stereocenters. The molecule has 2 aromatic rings. The highest BCUT2D eigenvalue weighted by Gasteiger charge is 2.15. The molecule has 5 heteroatoms. The fourth-order valence-electron chi connectivity index (χ4n) is 3.12. The molecule has 0 unspecified atom stereocenters. The summed E-state index contributed by atoms with van der Waals surface area (Å²) in [5, 5.41) is 3.02. The van der Waals surface area contributed by atoms with Gasteiger partial charge in [-0.25, -0.2) is 4.39 Å². The quantitative estimate of drug-likeness (QED) is 0.719. The van der Waals surface area contributed by atoms with E-state index in [1.807, 2.05) is 25.1 Å². The van der Waals surface area contributed by atoms with Crippen LogP contribution in [-0.4, -0.2) is 29.8 Å². The molecule has 0 heterocycles. The molecule has 0 aliphatic heterocycles. The summed E-state index contributed by atoms with van der Waals surface area (Å²) in [4.78, 5) is 26.1. The number of nitrogens with one attached hydrogen (secondary N) is 1. The molecule has 150 valence electrons. The van der Waals surface area contributed by atoms with Gasteiger partial charge in [-0.2, -0.15) is 0 Å². The normalized spacial score (nSPS) is 10.8. The van der Waals surface area contributed by atoms with Crippen LogP contribution in [0, 0.1) is 12.7 Å². The van der Waals surface area contributed by atoms with Crippen molar-refractivity contribution in [1.82, 2.24) is 4.90 Å². The topological polar surface area (TPSA) is 49.4 Å². The Morgan fingerprint density at radius 2 is 1.75 bits per heavy atom. The first-order valence-electron chi connectivity index (χ1n) is 9.67. The SMILES string of the molecule is CC(=O)N(CCC(=O)Nc1c(C)cccc1C(C)C)CCc1ccc(F)cc1. The second-order valence-corrected chi connectivity index (χ2v) is 7.37. The van der Waals surface area contributed by atoms with Crippen molar-refractivity contribution < 1.29 is 14.0 Å². The second-order valence-electron chi connectivity index (χ2n) is 7.37. The van der Waals surface area contributed by atoms with Gasteiger partial charge in [0.2, 0.25) is 11.8 Å². The lowest BCUT2D eigenvalue weighted by Gasteiger charge is -2.21. The number of benzene rings is 2. The van der Waals surface area contributed by atoms with Gasteiger partial charge in [-0.3, -0.25) is 9.59 Å². The Bertz CT molecular complexity index is 816. The van der Waals surface area contributed by atoms with Crippen molar-refractivity contribution in [1.29, 1.82) is 0 Å². The number of carbonyl (C=O) groups is 2. The molecule has 0 saturated carbocycles. The van der Waals surface area contributed by atoms with Crippen LogP contribution < -0.4 is 5.32 Å². The van der Waals surface area contributed by atoms with Crippen molar-refractivity contribution >= 4 is 17.5 Å². The number of hydrogen-bond acceptors (Lipinski definition) is 2. The van der Waals surface area contributed by atoms with Crippen LogP contribution in [0.1, 0.15) is 49.8 Å². The summed E-state index contributed by atoms with van der Waals surface area (Å²) in [5.41, 5.74) is 3.95. The molecule has 0 aliphatic carbocycles. The molecule has 1 N–H and O–H groups in total. The lowest BCUT2D eigenvalue weighted by Crippen LogP contribution is -2.33. The number of carbonyl (C=O) groups excluding carboxylic acids is 2. The first-order chi connectivity index (χ1) is 13.3. The highest BCUT2D eigenvalue weighted by Crippen LogP contribution is 2.27. The summed E-state index contributed by atoms with van der Waals surface area (Å²) in [7, 11) is 0. The zero-order chi connectivity index (χ0) is 20.7. The Morgan fingerprint density at radius 1 is 1.07 bits per heavy atom. The molecule has 0 bridgehead atoms. The summed E-state index contributed by atoms with van der Waals surface area (Å²) < 4.78 is 13.0. The van der Waals surface area contributed by atoms with E-state index in [0.717, 1.165) is 22.4 Å². The molecule has 2 amide bonds. The molecule has 0 aliphatic rings. The fourth-order valence-corrected chi connectivity index (χ4v) is 3.12. The first kappa shape index (κ1) is 21.6. The van der Waals surface area contributed by atoms with Crippen molar-refractivity contribution in [3.05, 3.63) is 65.0 Å². The number of amides is 2. The van der Waals surface area contributed by atoms with Crippen LogP contribution in [-0.2, 0) is 16.0 Å². The zero-order valence-electron chi connectivity index (χ0n) is 17.1. The Balaban J connectivity index is 1.94. The average Bonchev–Trinajstić information content (AvgIpc) is 2.64. The minimum absolute atomic E-state index is 0.0753. The maximum atomic E-state index is 13.0. The Kier molecular flexibility index (Phi) is 7.73. The van der Waals surface area contributed by atoms with E-state index >= 15 is 0 Å². The molecular weight excluding hydrogens is 355 g/mol. The lowest BCUT2D eigenvalue weighted by atomic mass is 9.98. The predicted molar refractivity (Wildman–Crippen MR) is 111 cm³/mol. The van der Waals surface area contributed by atoms with Gasteiger partial charge in [0.15, 0.2) is 0 Å². The van der Waals surface area contributed by atoms with E-state index in [1.165, 1.54) is 19.1 Å². The number of nitrogens with zero attached hydrogens (tertiary/aromatic N) is 1. The van der Waals surface area contributed by atoms with Crippen LogP contribution in [0.25, 0.3) is 0 Å². The van der Waals surface area contributed by atoms with Crippen LogP contribution in [0.15, 0.2) is 42.5 Å². The molecule has 0 saturated heterocycles. The lowest BCUT2D eigenvalue weighted by molar-refractivity contribution is -0.129. The fraction of sp³-hybridized carbons (Fsp3) is 0.391. The van der Waals surface area contributed by atoms with Gasteiger partial charge < -0.3 is 10.2 Å². The third-order valence-electron chi connectivity index (χ3n) is 4.83. The highest BCUT2D eigenvalue weighted by molar-refractivity contribution is 5.92. The first-order valence-corrected chi connectivity index (χ1v) is 9.67. The zero-order valence-corrected chi connectivity index (χ0v) is 17.1. The second kappa shape index (κ2) is 10.0. The van der Waals surface area contributed by atoms with E-state index in [9.17, 15) is 14.0 Å². The molecular formula is C23H29FN2O2. The van der Waals surface area contributed by atoms with Gasteiger partial charge >= 0.3 is 0 Å². The van der Waals surface area contributed by atoms with Crippen LogP contribution in [0.2, 0.25) is 0 Å². The minimum atomic E-state index is -0.277.